The van der Waals surface area contributed by atoms with Gasteiger partial charge in [-0.1, -0.05) is 43.0 Å². The molecule has 4 fully saturated rings. The van der Waals surface area contributed by atoms with Crippen molar-refractivity contribution in [3.05, 3.63) is 40.3 Å². The quantitative estimate of drug-likeness (QED) is 0.274. The van der Waals surface area contributed by atoms with Gasteiger partial charge in [0.2, 0.25) is 5.71 Å². The largest absolute Gasteiger partial charge is 0.461 e. The number of piperidine rings is 2. The number of oxime groups is 1. The predicted molar refractivity (Wildman–Crippen MR) is 141 cm³/mol. The van der Waals surface area contributed by atoms with Crippen LogP contribution >= 0.6 is 0 Å². The average Bonchev–Trinajstić information content (AvgIpc) is 2.88. The second kappa shape index (κ2) is 10.2. The smallest absolute Gasteiger partial charge is 0.362 e. The molecule has 4 bridgehead atoms. The van der Waals surface area contributed by atoms with Gasteiger partial charge in [0.1, 0.15) is 0 Å². The number of rotatable bonds is 5. The van der Waals surface area contributed by atoms with Crippen LogP contribution in [0.3, 0.4) is 0 Å². The van der Waals surface area contributed by atoms with E-state index in [1.165, 1.54) is 57.8 Å². The first kappa shape index (κ1) is 24.6. The molecule has 1 aromatic heterocycles. The van der Waals surface area contributed by atoms with Gasteiger partial charge in [0.25, 0.3) is 5.56 Å². The summed E-state index contributed by atoms with van der Waals surface area (Å²) in [4.78, 5) is 33.8. The fourth-order valence-electron chi connectivity index (χ4n) is 8.19. The normalized spacial score (nSPS) is 32.3. The number of hydrogen-bond acceptors (Lipinski definition) is 7. The molecule has 0 radical (unpaired) electrons. The molecule has 2 saturated carbocycles. The van der Waals surface area contributed by atoms with E-state index >= 15 is 0 Å². The van der Waals surface area contributed by atoms with Crippen molar-refractivity contribution in [1.29, 1.82) is 0 Å². The molecule has 0 amide bonds. The standard InChI is InChI=1S/C29H38N4O4/c1-2-37-29(35)27(31-36)26-28(34)33(25-12-4-3-11-24(25)30-26)23-16-20-9-6-10-21(17-23)32(20)22-14-18-7-5-8-19(13-18)15-22/h3-4,11-12,18-23,36H,2,5-10,13-17H2,1H3/b31-27-/t18?,19?,20-,21+,22?,23+. The van der Waals surface area contributed by atoms with Gasteiger partial charge in [-0.15, -0.1) is 0 Å². The zero-order valence-electron chi connectivity index (χ0n) is 21.7. The van der Waals surface area contributed by atoms with E-state index in [4.69, 9.17) is 4.74 Å². The summed E-state index contributed by atoms with van der Waals surface area (Å²) in [5, 5.41) is 12.8. The molecule has 4 aliphatic rings. The van der Waals surface area contributed by atoms with Crippen molar-refractivity contribution in [3.63, 3.8) is 0 Å². The maximum Gasteiger partial charge on any atom is 0.362 e. The predicted octanol–water partition coefficient (Wildman–Crippen LogP) is 4.66. The lowest BCUT2D eigenvalue weighted by atomic mass is 9.68. The highest BCUT2D eigenvalue weighted by atomic mass is 16.5. The molecule has 1 aromatic carbocycles. The molecule has 2 aliphatic carbocycles. The summed E-state index contributed by atoms with van der Waals surface area (Å²) in [5.41, 5.74) is 0.407. The molecule has 6 rings (SSSR count). The van der Waals surface area contributed by atoms with E-state index in [-0.39, 0.29) is 23.9 Å². The van der Waals surface area contributed by atoms with Crippen LogP contribution in [0.1, 0.15) is 89.3 Å². The van der Waals surface area contributed by atoms with Crippen LogP contribution in [-0.4, -0.2) is 56.1 Å². The number of esters is 1. The van der Waals surface area contributed by atoms with Crippen LogP contribution < -0.4 is 5.56 Å². The highest BCUT2D eigenvalue weighted by Crippen LogP contribution is 2.47. The highest BCUT2D eigenvalue weighted by molar-refractivity contribution is 6.42. The lowest BCUT2D eigenvalue weighted by molar-refractivity contribution is -0.135. The van der Waals surface area contributed by atoms with Crippen molar-refractivity contribution in [2.24, 2.45) is 17.0 Å². The van der Waals surface area contributed by atoms with Gasteiger partial charge in [-0.05, 0) is 75.8 Å². The number of aromatic nitrogens is 2. The summed E-state index contributed by atoms with van der Waals surface area (Å²) < 4.78 is 6.88. The minimum atomic E-state index is -0.842. The van der Waals surface area contributed by atoms with E-state index in [0.717, 1.165) is 30.2 Å². The van der Waals surface area contributed by atoms with Gasteiger partial charge in [-0.25, -0.2) is 9.78 Å². The third kappa shape index (κ3) is 4.47. The number of fused-ring (bicyclic) bond motifs is 5. The number of carbonyl (C=O) groups is 1. The first-order valence-corrected chi connectivity index (χ1v) is 14.3. The number of carbonyl (C=O) groups excluding carboxylic acids is 1. The number of hydrogen-bond donors (Lipinski definition) is 1. The molecule has 1 N–H and O–H groups in total. The molecule has 8 nitrogen and oxygen atoms in total. The van der Waals surface area contributed by atoms with E-state index in [9.17, 15) is 14.8 Å². The van der Waals surface area contributed by atoms with Crippen LogP contribution in [0, 0.1) is 11.8 Å². The van der Waals surface area contributed by atoms with E-state index < -0.39 is 11.7 Å². The third-order valence-corrected chi connectivity index (χ3v) is 9.48. The summed E-state index contributed by atoms with van der Waals surface area (Å²) in [6.45, 7) is 1.79. The summed E-state index contributed by atoms with van der Waals surface area (Å²) in [6, 6.07) is 9.19. The molecule has 8 heteroatoms. The van der Waals surface area contributed by atoms with E-state index in [0.29, 0.717) is 23.6 Å². The summed E-state index contributed by atoms with van der Waals surface area (Å²) in [6.07, 6.45) is 13.7. The second-order valence-corrected chi connectivity index (χ2v) is 11.6. The summed E-state index contributed by atoms with van der Waals surface area (Å²) in [7, 11) is 0. The Morgan fingerprint density at radius 1 is 0.973 bits per heavy atom. The first-order valence-electron chi connectivity index (χ1n) is 14.3. The average molecular weight is 507 g/mol. The van der Waals surface area contributed by atoms with Crippen LogP contribution in [0.4, 0.5) is 0 Å². The Morgan fingerprint density at radius 3 is 2.32 bits per heavy atom. The second-order valence-electron chi connectivity index (χ2n) is 11.6. The van der Waals surface area contributed by atoms with Crippen molar-refractivity contribution in [1.82, 2.24) is 14.5 Å². The van der Waals surface area contributed by atoms with E-state index in [1.807, 2.05) is 28.8 Å². The molecule has 198 valence electrons. The van der Waals surface area contributed by atoms with Crippen molar-refractivity contribution in [2.45, 2.75) is 102 Å². The van der Waals surface area contributed by atoms with Crippen molar-refractivity contribution in [2.75, 3.05) is 6.61 Å². The van der Waals surface area contributed by atoms with Gasteiger partial charge in [-0.2, -0.15) is 0 Å². The van der Waals surface area contributed by atoms with Gasteiger partial charge in [0, 0.05) is 24.2 Å². The van der Waals surface area contributed by atoms with Gasteiger partial charge < -0.3 is 14.5 Å². The molecule has 37 heavy (non-hydrogen) atoms. The number of ether oxygens (including phenoxy) is 1. The Balaban J connectivity index is 1.36. The summed E-state index contributed by atoms with van der Waals surface area (Å²) >= 11 is 0. The molecule has 3 heterocycles. The number of nitrogens with zero attached hydrogens (tertiary/aromatic N) is 4. The van der Waals surface area contributed by atoms with Gasteiger partial charge in [0.15, 0.2) is 5.69 Å². The topological polar surface area (TPSA) is 97.0 Å². The van der Waals surface area contributed by atoms with Crippen LogP contribution in [-0.2, 0) is 9.53 Å². The summed E-state index contributed by atoms with van der Waals surface area (Å²) in [5.74, 6) is 0.944. The molecule has 2 saturated heterocycles. The molecule has 5 atom stereocenters. The van der Waals surface area contributed by atoms with Gasteiger partial charge in [0.05, 0.1) is 17.6 Å². The van der Waals surface area contributed by atoms with Crippen LogP contribution in [0.5, 0.6) is 0 Å². The fourth-order valence-corrected chi connectivity index (χ4v) is 8.19. The lowest BCUT2D eigenvalue weighted by Gasteiger charge is -2.55. The Morgan fingerprint density at radius 2 is 1.65 bits per heavy atom. The number of para-hydroxylation sites is 2. The molecule has 2 aromatic rings. The Bertz CT molecular complexity index is 1230. The lowest BCUT2D eigenvalue weighted by Crippen LogP contribution is -2.58. The zero-order valence-corrected chi connectivity index (χ0v) is 21.7. The maximum atomic E-state index is 13.9. The van der Waals surface area contributed by atoms with Crippen molar-refractivity contribution in [3.8, 4) is 0 Å². The number of benzene rings is 1. The Hall–Kier alpha value is -2.74. The maximum absolute atomic E-state index is 13.9. The molecular weight excluding hydrogens is 468 g/mol. The van der Waals surface area contributed by atoms with Crippen LogP contribution in [0.15, 0.2) is 34.2 Å². The van der Waals surface area contributed by atoms with Crippen LogP contribution in [0.2, 0.25) is 0 Å². The SMILES string of the molecule is CCOC(=O)/C(=N\O)c1nc2ccccc2n([C@H]2C[C@H]3CCC[C@@H](C2)N3C2CC3CCCC(C3)C2)c1=O. The van der Waals surface area contributed by atoms with E-state index in [2.05, 4.69) is 15.0 Å². The fraction of sp³-hybridized carbons (Fsp3) is 0.655. The van der Waals surface area contributed by atoms with Crippen LogP contribution in [0.25, 0.3) is 11.0 Å². The minimum Gasteiger partial charge on any atom is -0.461 e. The van der Waals surface area contributed by atoms with Crippen molar-refractivity contribution < 1.29 is 14.7 Å². The molecular formula is C29H38N4O4. The zero-order chi connectivity index (χ0) is 25.5. The third-order valence-electron chi connectivity index (χ3n) is 9.48. The van der Waals surface area contributed by atoms with E-state index in [1.54, 1.807) is 6.92 Å². The highest BCUT2D eigenvalue weighted by Gasteiger charge is 2.45. The minimum absolute atomic E-state index is 0.0101. The van der Waals surface area contributed by atoms with Gasteiger partial charge in [-0.3, -0.25) is 9.69 Å². The monoisotopic (exact) mass is 506 g/mol. The molecule has 0 spiro atoms. The van der Waals surface area contributed by atoms with Gasteiger partial charge >= 0.3 is 5.97 Å². The Labute approximate surface area is 217 Å². The molecule has 2 unspecified atom stereocenters. The Kier molecular flexibility index (Phi) is 6.78. The van der Waals surface area contributed by atoms with Crippen molar-refractivity contribution >= 4 is 22.7 Å². The molecule has 2 aliphatic heterocycles. The first-order chi connectivity index (χ1) is 18.1.